The highest BCUT2D eigenvalue weighted by Gasteiger charge is 2.35. The van der Waals surface area contributed by atoms with Crippen molar-refractivity contribution in [2.45, 2.75) is 66.1 Å². The van der Waals surface area contributed by atoms with Gasteiger partial charge in [0.2, 0.25) is 0 Å². The van der Waals surface area contributed by atoms with Crippen molar-refractivity contribution in [1.82, 2.24) is 9.80 Å². The second-order valence-electron chi connectivity index (χ2n) is 8.82. The van der Waals surface area contributed by atoms with Gasteiger partial charge in [0.25, 0.3) is 0 Å². The van der Waals surface area contributed by atoms with Crippen molar-refractivity contribution in [3.8, 4) is 11.1 Å². The highest BCUT2D eigenvalue weighted by Crippen LogP contribution is 2.40. The summed E-state index contributed by atoms with van der Waals surface area (Å²) in [5, 5.41) is 9.59. The Bertz CT molecular complexity index is 1010. The second kappa shape index (κ2) is 7.78. The zero-order valence-electron chi connectivity index (χ0n) is 18.3. The van der Waals surface area contributed by atoms with E-state index in [9.17, 15) is 14.7 Å². The van der Waals surface area contributed by atoms with Crippen LogP contribution in [0.1, 0.15) is 53.1 Å². The van der Waals surface area contributed by atoms with Crippen molar-refractivity contribution >= 4 is 12.0 Å². The molecule has 0 spiro atoms. The number of nitrogens with zero attached hydrogens (tertiary/aromatic N) is 2. The number of fused-ring (bicyclic) bond motifs is 1. The van der Waals surface area contributed by atoms with Crippen molar-refractivity contribution < 1.29 is 14.7 Å². The molecular weight excluding hydrogens is 376 g/mol. The van der Waals surface area contributed by atoms with Crippen LogP contribution in [0.4, 0.5) is 4.79 Å². The normalized spacial score (nSPS) is 18.1. The fraction of sp³-hybridized carbons (Fsp3) is 0.440. The predicted molar refractivity (Wildman–Crippen MR) is 117 cm³/mol. The van der Waals surface area contributed by atoms with Crippen LogP contribution in [0, 0.1) is 20.8 Å². The first-order valence-corrected chi connectivity index (χ1v) is 10.8. The van der Waals surface area contributed by atoms with E-state index in [0.29, 0.717) is 13.1 Å². The minimum atomic E-state index is -0.831. The Kier molecular flexibility index (Phi) is 5.31. The van der Waals surface area contributed by atoms with E-state index in [-0.39, 0.29) is 18.5 Å². The largest absolute Gasteiger partial charge is 0.481 e. The monoisotopic (exact) mass is 406 g/mol. The summed E-state index contributed by atoms with van der Waals surface area (Å²) in [7, 11) is 0. The number of carbonyl (C=O) groups is 2. The fourth-order valence-electron chi connectivity index (χ4n) is 5.08. The molecule has 1 fully saturated rings. The van der Waals surface area contributed by atoms with E-state index < -0.39 is 5.97 Å². The lowest BCUT2D eigenvalue weighted by molar-refractivity contribution is -0.136. The van der Waals surface area contributed by atoms with Crippen LogP contribution in [0.5, 0.6) is 0 Å². The number of hydrogen-bond donors (Lipinski definition) is 1. The summed E-state index contributed by atoms with van der Waals surface area (Å²) in [5.74, 6) is -0.831. The molecule has 5 nitrogen and oxygen atoms in total. The lowest BCUT2D eigenvalue weighted by atomic mass is 9.84. The maximum atomic E-state index is 13.2. The highest BCUT2D eigenvalue weighted by molar-refractivity contribution is 5.83. The van der Waals surface area contributed by atoms with Crippen LogP contribution >= 0.6 is 0 Å². The van der Waals surface area contributed by atoms with Gasteiger partial charge in [-0.1, -0.05) is 29.8 Å². The van der Waals surface area contributed by atoms with Crippen molar-refractivity contribution in [2.75, 3.05) is 6.54 Å². The van der Waals surface area contributed by atoms with E-state index >= 15 is 0 Å². The molecule has 2 aliphatic rings. The summed E-state index contributed by atoms with van der Waals surface area (Å²) in [5.41, 5.74) is 8.50. The Morgan fingerprint density at radius 3 is 2.23 bits per heavy atom. The van der Waals surface area contributed by atoms with Crippen LogP contribution in [-0.2, 0) is 24.3 Å². The number of amides is 2. The molecule has 0 aromatic heterocycles. The molecule has 1 unspecified atom stereocenters. The number of carbonyl (C=O) groups excluding carboxylic acids is 1. The standard InChI is InChI=1S/C25H30N2O3/c1-15-7-9-19(10-8-15)24-18(4)22-14-26(25(30)27-11-5-6-16(27)2)13-21(22)17(3)20(24)12-23(28)29/h7-10,16H,5-6,11-14H2,1-4H3,(H,28,29). The Labute approximate surface area is 178 Å². The molecule has 1 atom stereocenters. The van der Waals surface area contributed by atoms with Gasteiger partial charge < -0.3 is 14.9 Å². The van der Waals surface area contributed by atoms with E-state index in [1.165, 1.54) is 11.1 Å². The van der Waals surface area contributed by atoms with Crippen LogP contribution in [0.25, 0.3) is 11.1 Å². The van der Waals surface area contributed by atoms with Gasteiger partial charge in [0, 0.05) is 25.7 Å². The first kappa shape index (κ1) is 20.5. The third kappa shape index (κ3) is 3.47. The van der Waals surface area contributed by atoms with Gasteiger partial charge in [0.05, 0.1) is 6.42 Å². The molecule has 5 heteroatoms. The molecule has 4 rings (SSSR count). The third-order valence-electron chi connectivity index (χ3n) is 6.83. The number of carboxylic acids is 1. The van der Waals surface area contributed by atoms with Gasteiger partial charge in [0.15, 0.2) is 0 Å². The molecule has 2 amide bonds. The van der Waals surface area contributed by atoms with Crippen molar-refractivity contribution in [1.29, 1.82) is 0 Å². The van der Waals surface area contributed by atoms with Gasteiger partial charge in [-0.15, -0.1) is 0 Å². The van der Waals surface area contributed by atoms with E-state index in [1.807, 2.05) is 23.6 Å². The topological polar surface area (TPSA) is 60.9 Å². The van der Waals surface area contributed by atoms with Crippen LogP contribution in [0.15, 0.2) is 24.3 Å². The minimum absolute atomic E-state index is 0.0136. The number of aliphatic carboxylic acids is 1. The molecule has 2 heterocycles. The van der Waals surface area contributed by atoms with Gasteiger partial charge in [-0.2, -0.15) is 0 Å². The van der Waals surface area contributed by atoms with E-state index in [2.05, 4.69) is 38.1 Å². The summed E-state index contributed by atoms with van der Waals surface area (Å²) in [4.78, 5) is 28.8. The predicted octanol–water partition coefficient (Wildman–Crippen LogP) is 4.83. The lowest BCUT2D eigenvalue weighted by Gasteiger charge is -2.27. The summed E-state index contributed by atoms with van der Waals surface area (Å²) < 4.78 is 0. The number of aryl methyl sites for hydroxylation is 1. The van der Waals surface area contributed by atoms with E-state index in [0.717, 1.165) is 52.8 Å². The van der Waals surface area contributed by atoms with E-state index in [1.54, 1.807) is 0 Å². The zero-order valence-corrected chi connectivity index (χ0v) is 18.3. The third-order valence-corrected chi connectivity index (χ3v) is 6.83. The van der Waals surface area contributed by atoms with Crippen LogP contribution in [0.2, 0.25) is 0 Å². The Morgan fingerprint density at radius 1 is 1.03 bits per heavy atom. The van der Waals surface area contributed by atoms with Gasteiger partial charge in [-0.3, -0.25) is 4.79 Å². The molecule has 2 aromatic carbocycles. The number of rotatable bonds is 3. The van der Waals surface area contributed by atoms with Gasteiger partial charge in [-0.25, -0.2) is 4.79 Å². The summed E-state index contributed by atoms with van der Waals surface area (Å²) in [6.45, 7) is 10.2. The van der Waals surface area contributed by atoms with Crippen LogP contribution < -0.4 is 0 Å². The average molecular weight is 407 g/mol. The number of benzene rings is 2. The van der Waals surface area contributed by atoms with Crippen molar-refractivity contribution in [3.05, 3.63) is 57.6 Å². The van der Waals surface area contributed by atoms with Crippen LogP contribution in [-0.4, -0.2) is 39.5 Å². The Balaban J connectivity index is 1.78. The van der Waals surface area contributed by atoms with Crippen molar-refractivity contribution in [2.24, 2.45) is 0 Å². The average Bonchev–Trinajstić information content (AvgIpc) is 3.33. The molecule has 0 bridgehead atoms. The molecular formula is C25H30N2O3. The maximum absolute atomic E-state index is 13.2. The number of carboxylic acid groups (broad SMARTS) is 1. The van der Waals surface area contributed by atoms with Gasteiger partial charge in [0.1, 0.15) is 0 Å². The molecule has 30 heavy (non-hydrogen) atoms. The number of urea groups is 1. The second-order valence-corrected chi connectivity index (χ2v) is 8.82. The van der Waals surface area contributed by atoms with E-state index in [4.69, 9.17) is 0 Å². The van der Waals surface area contributed by atoms with Gasteiger partial charge >= 0.3 is 12.0 Å². The lowest BCUT2D eigenvalue weighted by Crippen LogP contribution is -2.42. The summed E-state index contributed by atoms with van der Waals surface area (Å²) >= 11 is 0. The quantitative estimate of drug-likeness (QED) is 0.794. The number of likely N-dealkylation sites (tertiary alicyclic amines) is 1. The minimum Gasteiger partial charge on any atom is -0.481 e. The summed E-state index contributed by atoms with van der Waals surface area (Å²) in [6.07, 6.45) is 2.11. The summed E-state index contributed by atoms with van der Waals surface area (Å²) in [6, 6.07) is 8.65. The molecule has 1 N–H and O–H groups in total. The Hall–Kier alpha value is -2.82. The highest BCUT2D eigenvalue weighted by atomic mass is 16.4. The molecule has 0 aliphatic carbocycles. The zero-order chi connectivity index (χ0) is 21.6. The fourth-order valence-corrected chi connectivity index (χ4v) is 5.08. The van der Waals surface area contributed by atoms with Crippen molar-refractivity contribution in [3.63, 3.8) is 0 Å². The van der Waals surface area contributed by atoms with Gasteiger partial charge in [-0.05, 0) is 79.5 Å². The molecule has 158 valence electrons. The number of hydrogen-bond acceptors (Lipinski definition) is 2. The molecule has 2 aromatic rings. The molecule has 0 saturated carbocycles. The SMILES string of the molecule is Cc1ccc(-c2c(C)c3c(c(C)c2CC(=O)O)CN(C(=O)N2CCCC2C)C3)cc1. The smallest absolute Gasteiger partial charge is 0.320 e. The molecule has 1 saturated heterocycles. The molecule has 0 radical (unpaired) electrons. The van der Waals surface area contributed by atoms with Crippen LogP contribution in [0.3, 0.4) is 0 Å². The first-order valence-electron chi connectivity index (χ1n) is 10.8. The first-order chi connectivity index (χ1) is 14.3. The maximum Gasteiger partial charge on any atom is 0.320 e. The Morgan fingerprint density at radius 2 is 1.67 bits per heavy atom. The molecule has 2 aliphatic heterocycles.